The molecule has 0 saturated heterocycles. The van der Waals surface area contributed by atoms with Crippen molar-refractivity contribution < 1.29 is 0 Å². The first-order valence-electron chi connectivity index (χ1n) is 5.83. The summed E-state index contributed by atoms with van der Waals surface area (Å²) in [5, 5.41) is 6.39. The van der Waals surface area contributed by atoms with Gasteiger partial charge in [-0.15, -0.1) is 0 Å². The lowest BCUT2D eigenvalue weighted by atomic mass is 10.1. The number of halogens is 1. The molecule has 0 aliphatic heterocycles. The maximum atomic E-state index is 6.15. The molecule has 0 atom stereocenters. The molecule has 1 nitrogen and oxygen atoms in total. The van der Waals surface area contributed by atoms with E-state index in [1.54, 1.807) is 0 Å². The van der Waals surface area contributed by atoms with Crippen molar-refractivity contribution in [3.05, 3.63) is 71.8 Å². The van der Waals surface area contributed by atoms with E-state index >= 15 is 0 Å². The van der Waals surface area contributed by atoms with Crippen LogP contribution in [0, 0.1) is 0 Å². The average Bonchev–Trinajstić information content (AvgIpc) is 2.40. The van der Waals surface area contributed by atoms with Crippen LogP contribution in [0.15, 0.2) is 66.7 Å². The monoisotopic (exact) mass is 253 g/mol. The van der Waals surface area contributed by atoms with Gasteiger partial charge in [-0.25, -0.2) is 0 Å². The molecule has 3 aromatic carbocycles. The molecule has 0 unspecified atom stereocenters. The largest absolute Gasteiger partial charge is 0.356 e. The van der Waals surface area contributed by atoms with Crippen molar-refractivity contribution in [2.45, 2.75) is 0 Å². The van der Waals surface area contributed by atoms with Crippen molar-refractivity contribution in [2.24, 2.45) is 0 Å². The molecule has 0 aromatic heterocycles. The Morgan fingerprint density at radius 2 is 1.56 bits per heavy atom. The molecule has 0 heterocycles. The van der Waals surface area contributed by atoms with Crippen LogP contribution in [0.2, 0.25) is 5.02 Å². The zero-order chi connectivity index (χ0) is 12.4. The highest BCUT2D eigenvalue weighted by molar-refractivity contribution is 6.35. The van der Waals surface area contributed by atoms with E-state index < -0.39 is 0 Å². The summed E-state index contributed by atoms with van der Waals surface area (Å²) in [4.78, 5) is 0. The smallest absolute Gasteiger partial charge is 0.0484 e. The van der Waals surface area contributed by atoms with Crippen LogP contribution in [-0.2, 0) is 0 Å². The zero-order valence-electron chi connectivity index (χ0n) is 9.73. The number of hydrogen-bond donors (Lipinski definition) is 1. The van der Waals surface area contributed by atoms with Crippen molar-refractivity contribution in [1.29, 1.82) is 0 Å². The molecular weight excluding hydrogens is 242 g/mol. The van der Waals surface area contributed by atoms with Gasteiger partial charge in [0.1, 0.15) is 0 Å². The lowest BCUT2D eigenvalue weighted by Crippen LogP contribution is -1.89. The van der Waals surface area contributed by atoms with Crippen molar-refractivity contribution in [1.82, 2.24) is 0 Å². The van der Waals surface area contributed by atoms with Gasteiger partial charge in [-0.2, -0.15) is 0 Å². The first-order chi connectivity index (χ1) is 8.83. The Bertz CT molecular complexity index is 677. The van der Waals surface area contributed by atoms with Gasteiger partial charge in [0, 0.05) is 21.8 Å². The van der Waals surface area contributed by atoms with Crippen LogP contribution < -0.4 is 5.32 Å². The predicted octanol–water partition coefficient (Wildman–Crippen LogP) is 5.24. The van der Waals surface area contributed by atoms with Gasteiger partial charge in [0.25, 0.3) is 0 Å². The fourth-order valence-corrected chi connectivity index (χ4v) is 2.25. The second-order valence-electron chi connectivity index (χ2n) is 4.17. The molecule has 0 aliphatic rings. The SMILES string of the molecule is Clc1cccc2cc(Nc3ccccc3)ccc12. The topological polar surface area (TPSA) is 12.0 Å². The molecule has 0 radical (unpaired) electrons. The molecule has 1 N–H and O–H groups in total. The average molecular weight is 254 g/mol. The fourth-order valence-electron chi connectivity index (χ4n) is 2.01. The number of hydrogen-bond acceptors (Lipinski definition) is 1. The van der Waals surface area contributed by atoms with E-state index in [4.69, 9.17) is 11.6 Å². The standard InChI is InChI=1S/C16H12ClN/c17-16-8-4-5-12-11-14(9-10-15(12)16)18-13-6-2-1-3-7-13/h1-11,18H. The minimum Gasteiger partial charge on any atom is -0.356 e. The number of anilines is 2. The van der Waals surface area contributed by atoms with Crippen LogP contribution >= 0.6 is 11.6 Å². The van der Waals surface area contributed by atoms with Crippen LogP contribution in [0.1, 0.15) is 0 Å². The third kappa shape index (κ3) is 2.18. The van der Waals surface area contributed by atoms with Crippen LogP contribution in [0.3, 0.4) is 0 Å². The summed E-state index contributed by atoms with van der Waals surface area (Å²) in [6.07, 6.45) is 0. The van der Waals surface area contributed by atoms with Gasteiger partial charge in [-0.3, -0.25) is 0 Å². The third-order valence-corrected chi connectivity index (χ3v) is 3.22. The first-order valence-corrected chi connectivity index (χ1v) is 6.21. The Kier molecular flexibility index (Phi) is 2.91. The summed E-state index contributed by atoms with van der Waals surface area (Å²) in [5.41, 5.74) is 2.15. The van der Waals surface area contributed by atoms with E-state index in [9.17, 15) is 0 Å². The lowest BCUT2D eigenvalue weighted by molar-refractivity contribution is 1.57. The molecule has 0 saturated carbocycles. The molecule has 3 aromatic rings. The van der Waals surface area contributed by atoms with E-state index in [0.29, 0.717) is 0 Å². The maximum absolute atomic E-state index is 6.15. The quantitative estimate of drug-likeness (QED) is 0.659. The van der Waals surface area contributed by atoms with Gasteiger partial charge in [-0.05, 0) is 35.7 Å². The number of fused-ring (bicyclic) bond motifs is 1. The highest BCUT2D eigenvalue weighted by atomic mass is 35.5. The number of benzene rings is 3. The number of para-hydroxylation sites is 1. The Morgan fingerprint density at radius 1 is 0.722 bits per heavy atom. The maximum Gasteiger partial charge on any atom is 0.0484 e. The molecule has 3 rings (SSSR count). The molecule has 0 spiro atoms. The summed E-state index contributed by atoms with van der Waals surface area (Å²) >= 11 is 6.15. The molecule has 18 heavy (non-hydrogen) atoms. The highest BCUT2D eigenvalue weighted by Gasteiger charge is 2.00. The van der Waals surface area contributed by atoms with Crippen LogP contribution in [0.25, 0.3) is 10.8 Å². The number of nitrogens with one attached hydrogen (secondary N) is 1. The van der Waals surface area contributed by atoms with Gasteiger partial charge in [0.05, 0.1) is 0 Å². The van der Waals surface area contributed by atoms with Crippen molar-refractivity contribution in [3.63, 3.8) is 0 Å². The summed E-state index contributed by atoms with van der Waals surface area (Å²) in [7, 11) is 0. The summed E-state index contributed by atoms with van der Waals surface area (Å²) in [6, 6.07) is 22.3. The van der Waals surface area contributed by atoms with Crippen LogP contribution in [0.5, 0.6) is 0 Å². The van der Waals surface area contributed by atoms with E-state index in [1.807, 2.05) is 54.6 Å². The molecule has 0 amide bonds. The third-order valence-electron chi connectivity index (χ3n) is 2.89. The van der Waals surface area contributed by atoms with Crippen LogP contribution in [0.4, 0.5) is 11.4 Å². The Labute approximate surface area is 111 Å². The van der Waals surface area contributed by atoms with Gasteiger partial charge < -0.3 is 5.32 Å². The molecule has 0 bridgehead atoms. The molecular formula is C16H12ClN. The van der Waals surface area contributed by atoms with E-state index in [2.05, 4.69) is 17.4 Å². The van der Waals surface area contributed by atoms with Crippen LogP contribution in [-0.4, -0.2) is 0 Å². The Balaban J connectivity index is 1.99. The van der Waals surface area contributed by atoms with Gasteiger partial charge >= 0.3 is 0 Å². The fraction of sp³-hybridized carbons (Fsp3) is 0. The predicted molar refractivity (Wildman–Crippen MR) is 78.7 cm³/mol. The van der Waals surface area contributed by atoms with E-state index in [1.165, 1.54) is 0 Å². The second-order valence-corrected chi connectivity index (χ2v) is 4.57. The van der Waals surface area contributed by atoms with Gasteiger partial charge in [0.2, 0.25) is 0 Å². The minimum absolute atomic E-state index is 0.791. The molecule has 2 heteroatoms. The molecule has 0 fully saturated rings. The van der Waals surface area contributed by atoms with Crippen molar-refractivity contribution >= 4 is 33.7 Å². The van der Waals surface area contributed by atoms with Crippen molar-refractivity contribution in [3.8, 4) is 0 Å². The van der Waals surface area contributed by atoms with E-state index in [0.717, 1.165) is 27.2 Å². The summed E-state index contributed by atoms with van der Waals surface area (Å²) in [6.45, 7) is 0. The summed E-state index contributed by atoms with van der Waals surface area (Å²) in [5.74, 6) is 0. The normalized spacial score (nSPS) is 10.5. The minimum atomic E-state index is 0.791. The second kappa shape index (κ2) is 4.71. The summed E-state index contributed by atoms with van der Waals surface area (Å²) < 4.78 is 0. The Morgan fingerprint density at radius 3 is 2.39 bits per heavy atom. The molecule has 88 valence electrons. The van der Waals surface area contributed by atoms with E-state index in [-0.39, 0.29) is 0 Å². The highest BCUT2D eigenvalue weighted by Crippen LogP contribution is 2.27. The van der Waals surface area contributed by atoms with Crippen molar-refractivity contribution in [2.75, 3.05) is 5.32 Å². The first kappa shape index (κ1) is 11.1. The number of rotatable bonds is 2. The zero-order valence-corrected chi connectivity index (χ0v) is 10.5. The Hall–Kier alpha value is -1.99. The lowest BCUT2D eigenvalue weighted by Gasteiger charge is -2.08. The van der Waals surface area contributed by atoms with Gasteiger partial charge in [-0.1, -0.05) is 48.0 Å². The molecule has 0 aliphatic carbocycles. The van der Waals surface area contributed by atoms with Gasteiger partial charge in [0.15, 0.2) is 0 Å².